The first-order valence-corrected chi connectivity index (χ1v) is 11.0. The van der Waals surface area contributed by atoms with Crippen molar-refractivity contribution in [3.63, 3.8) is 0 Å². The molecule has 4 aromatic rings. The Balaban J connectivity index is 1.48. The third-order valence-electron chi connectivity index (χ3n) is 5.33. The highest BCUT2D eigenvalue weighted by molar-refractivity contribution is 7.22. The molecule has 0 bridgehead atoms. The lowest BCUT2D eigenvalue weighted by atomic mass is 10.1. The van der Waals surface area contributed by atoms with Gasteiger partial charge in [0.05, 0.1) is 28.7 Å². The fraction of sp³-hybridized carbons (Fsp3) is 0.167. The molecule has 5 rings (SSSR count). The number of hydrogen-bond acceptors (Lipinski definition) is 6. The van der Waals surface area contributed by atoms with E-state index in [1.807, 2.05) is 31.2 Å². The Hall–Kier alpha value is -3.78. The van der Waals surface area contributed by atoms with Gasteiger partial charge in [0.1, 0.15) is 5.76 Å². The molecular formula is C24H19N3O4S. The molecule has 32 heavy (non-hydrogen) atoms. The lowest BCUT2D eigenvalue weighted by Gasteiger charge is -2.19. The number of carbonyl (C=O) groups is 3. The van der Waals surface area contributed by atoms with Gasteiger partial charge in [0.15, 0.2) is 5.13 Å². The van der Waals surface area contributed by atoms with Gasteiger partial charge in [-0.15, -0.1) is 0 Å². The van der Waals surface area contributed by atoms with Gasteiger partial charge in [-0.3, -0.25) is 24.2 Å². The fourth-order valence-corrected chi connectivity index (χ4v) is 4.75. The van der Waals surface area contributed by atoms with E-state index in [0.29, 0.717) is 22.1 Å². The predicted molar refractivity (Wildman–Crippen MR) is 122 cm³/mol. The monoisotopic (exact) mass is 445 g/mol. The molecule has 0 radical (unpaired) electrons. The third kappa shape index (κ3) is 3.69. The molecule has 0 unspecified atom stereocenters. The van der Waals surface area contributed by atoms with Crippen molar-refractivity contribution in [1.29, 1.82) is 0 Å². The van der Waals surface area contributed by atoms with E-state index in [4.69, 9.17) is 4.42 Å². The minimum atomic E-state index is -0.247. The highest BCUT2D eigenvalue weighted by atomic mass is 32.1. The van der Waals surface area contributed by atoms with Gasteiger partial charge in [-0.1, -0.05) is 17.4 Å². The van der Waals surface area contributed by atoms with Crippen LogP contribution < -0.4 is 9.80 Å². The largest absolute Gasteiger partial charge is 0.467 e. The van der Waals surface area contributed by atoms with Crippen molar-refractivity contribution in [3.05, 3.63) is 77.7 Å². The van der Waals surface area contributed by atoms with Crippen molar-refractivity contribution in [2.45, 2.75) is 26.3 Å². The minimum Gasteiger partial charge on any atom is -0.467 e. The fourth-order valence-electron chi connectivity index (χ4n) is 3.69. The minimum absolute atomic E-state index is 0.216. The first-order valence-electron chi connectivity index (χ1n) is 10.2. The second-order valence-corrected chi connectivity index (χ2v) is 8.62. The molecule has 0 N–H and O–H groups in total. The molecule has 3 heterocycles. The number of amides is 3. The summed E-state index contributed by atoms with van der Waals surface area (Å²) in [5, 5.41) is 0.570. The van der Waals surface area contributed by atoms with Crippen LogP contribution >= 0.6 is 11.3 Å². The number of furan rings is 1. The predicted octanol–water partition coefficient (Wildman–Crippen LogP) is 4.70. The average molecular weight is 446 g/mol. The summed E-state index contributed by atoms with van der Waals surface area (Å²) >= 11 is 1.44. The molecule has 0 spiro atoms. The molecule has 1 aliphatic heterocycles. The van der Waals surface area contributed by atoms with Crippen molar-refractivity contribution in [2.75, 3.05) is 9.80 Å². The van der Waals surface area contributed by atoms with Crippen LogP contribution in [-0.4, -0.2) is 22.7 Å². The van der Waals surface area contributed by atoms with Gasteiger partial charge >= 0.3 is 0 Å². The Morgan fingerprint density at radius 3 is 2.53 bits per heavy atom. The van der Waals surface area contributed by atoms with E-state index in [2.05, 4.69) is 4.98 Å². The molecule has 1 saturated heterocycles. The Morgan fingerprint density at radius 1 is 1.09 bits per heavy atom. The van der Waals surface area contributed by atoms with Crippen molar-refractivity contribution in [3.8, 4) is 0 Å². The number of nitrogens with zero attached hydrogens (tertiary/aromatic N) is 3. The summed E-state index contributed by atoms with van der Waals surface area (Å²) in [6.45, 7) is 2.25. The van der Waals surface area contributed by atoms with Crippen molar-refractivity contribution in [2.24, 2.45) is 0 Å². The Morgan fingerprint density at radius 2 is 1.84 bits per heavy atom. The van der Waals surface area contributed by atoms with Crippen molar-refractivity contribution in [1.82, 2.24) is 4.98 Å². The van der Waals surface area contributed by atoms with E-state index >= 15 is 0 Å². The quantitative estimate of drug-likeness (QED) is 0.416. The molecule has 0 saturated carbocycles. The van der Waals surface area contributed by atoms with Crippen LogP contribution in [0.2, 0.25) is 0 Å². The lowest BCUT2D eigenvalue weighted by molar-refractivity contribution is -0.121. The number of aryl methyl sites for hydroxylation is 1. The number of hydrogen-bond donors (Lipinski definition) is 0. The molecule has 2 aromatic heterocycles. The van der Waals surface area contributed by atoms with Crippen molar-refractivity contribution >= 4 is 50.1 Å². The van der Waals surface area contributed by atoms with Crippen LogP contribution in [0.1, 0.15) is 34.5 Å². The second-order valence-electron chi connectivity index (χ2n) is 7.61. The number of benzene rings is 2. The van der Waals surface area contributed by atoms with Gasteiger partial charge in [0, 0.05) is 18.4 Å². The Kier molecular flexibility index (Phi) is 5.07. The highest BCUT2D eigenvalue weighted by Crippen LogP contribution is 2.32. The number of thiazole rings is 1. The van der Waals surface area contributed by atoms with Gasteiger partial charge < -0.3 is 4.42 Å². The summed E-state index contributed by atoms with van der Waals surface area (Å²) in [6, 6.07) is 16.1. The van der Waals surface area contributed by atoms with Crippen molar-refractivity contribution < 1.29 is 18.8 Å². The first kappa shape index (κ1) is 20.1. The van der Waals surface area contributed by atoms with Crippen LogP contribution in [0.4, 0.5) is 10.8 Å². The number of rotatable bonds is 5. The van der Waals surface area contributed by atoms with E-state index < -0.39 is 0 Å². The molecule has 7 nitrogen and oxygen atoms in total. The number of carbonyl (C=O) groups excluding carboxylic acids is 3. The van der Waals surface area contributed by atoms with E-state index in [-0.39, 0.29) is 37.1 Å². The standard InChI is InChI=1S/C24H19N3O4S/c1-15-4-9-19-20(13-15)32-24(25-19)26(14-18-3-2-12-31-18)23(30)16-5-7-17(8-6-16)27-21(28)10-11-22(27)29/h2-9,12-13H,10-11,14H2,1H3. The molecule has 1 fully saturated rings. The Bertz CT molecular complexity index is 1310. The summed E-state index contributed by atoms with van der Waals surface area (Å²) in [5.41, 5.74) is 2.85. The number of fused-ring (bicyclic) bond motifs is 1. The van der Waals surface area contributed by atoms with Crippen LogP contribution in [0.25, 0.3) is 10.2 Å². The van der Waals surface area contributed by atoms with Crippen LogP contribution in [-0.2, 0) is 16.1 Å². The number of imide groups is 1. The van der Waals surface area contributed by atoms with E-state index in [0.717, 1.165) is 15.8 Å². The highest BCUT2D eigenvalue weighted by Gasteiger charge is 2.30. The summed E-state index contributed by atoms with van der Waals surface area (Å²) in [4.78, 5) is 44.9. The topological polar surface area (TPSA) is 83.7 Å². The summed E-state index contributed by atoms with van der Waals surface area (Å²) in [6.07, 6.45) is 2.00. The molecule has 2 aromatic carbocycles. The Labute approximate surface area is 187 Å². The smallest absolute Gasteiger partial charge is 0.260 e. The molecule has 1 aliphatic rings. The van der Waals surface area contributed by atoms with Gasteiger partial charge in [-0.25, -0.2) is 4.98 Å². The van der Waals surface area contributed by atoms with Gasteiger partial charge in [0.2, 0.25) is 11.8 Å². The maximum Gasteiger partial charge on any atom is 0.260 e. The van der Waals surface area contributed by atoms with Crippen LogP contribution in [0, 0.1) is 6.92 Å². The zero-order valence-corrected chi connectivity index (χ0v) is 18.1. The van der Waals surface area contributed by atoms with Crippen LogP contribution in [0.3, 0.4) is 0 Å². The molecule has 160 valence electrons. The molecule has 0 atom stereocenters. The zero-order valence-electron chi connectivity index (χ0n) is 17.3. The molecular weight excluding hydrogens is 426 g/mol. The maximum atomic E-state index is 13.5. The average Bonchev–Trinajstić information content (AvgIpc) is 3.52. The summed E-state index contributed by atoms with van der Waals surface area (Å²) in [7, 11) is 0. The molecule has 0 aliphatic carbocycles. The summed E-state index contributed by atoms with van der Waals surface area (Å²) in [5.74, 6) is -0.0574. The SMILES string of the molecule is Cc1ccc2nc(N(Cc3ccco3)C(=O)c3ccc(N4C(=O)CCC4=O)cc3)sc2c1. The van der Waals surface area contributed by atoms with E-state index in [9.17, 15) is 14.4 Å². The zero-order chi connectivity index (χ0) is 22.2. The van der Waals surface area contributed by atoms with E-state index in [1.165, 1.54) is 16.2 Å². The van der Waals surface area contributed by atoms with Gasteiger partial charge in [0.25, 0.3) is 5.91 Å². The summed E-state index contributed by atoms with van der Waals surface area (Å²) < 4.78 is 6.48. The van der Waals surface area contributed by atoms with Gasteiger partial charge in [-0.05, 0) is 61.0 Å². The van der Waals surface area contributed by atoms with Gasteiger partial charge in [-0.2, -0.15) is 0 Å². The maximum absolute atomic E-state index is 13.5. The van der Waals surface area contributed by atoms with E-state index in [1.54, 1.807) is 41.5 Å². The molecule has 3 amide bonds. The van der Waals surface area contributed by atoms with Crippen LogP contribution in [0.15, 0.2) is 65.3 Å². The second kappa shape index (κ2) is 8.05. The normalized spacial score (nSPS) is 13.8. The molecule has 8 heteroatoms. The third-order valence-corrected chi connectivity index (χ3v) is 6.37. The van der Waals surface area contributed by atoms with Crippen LogP contribution in [0.5, 0.6) is 0 Å². The lowest BCUT2D eigenvalue weighted by Crippen LogP contribution is -2.31. The first-order chi connectivity index (χ1) is 15.5. The number of anilines is 2. The number of aromatic nitrogens is 1.